The summed E-state index contributed by atoms with van der Waals surface area (Å²) in [6.07, 6.45) is 2.45. The van der Waals surface area contributed by atoms with Crippen molar-refractivity contribution in [2.24, 2.45) is 5.10 Å². The summed E-state index contributed by atoms with van der Waals surface area (Å²) in [7, 11) is 0. The van der Waals surface area contributed by atoms with Crippen molar-refractivity contribution < 1.29 is 9.53 Å². The van der Waals surface area contributed by atoms with Gasteiger partial charge in [-0.05, 0) is 25.1 Å². The van der Waals surface area contributed by atoms with Gasteiger partial charge in [-0.25, -0.2) is 5.43 Å². The van der Waals surface area contributed by atoms with E-state index in [2.05, 4.69) is 15.5 Å². The van der Waals surface area contributed by atoms with Crippen molar-refractivity contribution >= 4 is 34.6 Å². The predicted octanol–water partition coefficient (Wildman–Crippen LogP) is 3.81. The number of amides is 1. The van der Waals surface area contributed by atoms with Crippen molar-refractivity contribution in [2.45, 2.75) is 13.0 Å². The Balaban J connectivity index is 1.65. The van der Waals surface area contributed by atoms with Gasteiger partial charge in [-0.2, -0.15) is 5.10 Å². The van der Waals surface area contributed by atoms with Crippen LogP contribution in [0.15, 0.2) is 65.9 Å². The fourth-order valence-electron chi connectivity index (χ4n) is 2.25. The molecule has 1 atom stereocenters. The van der Waals surface area contributed by atoms with Crippen molar-refractivity contribution in [3.05, 3.63) is 71.4 Å². The van der Waals surface area contributed by atoms with E-state index >= 15 is 0 Å². The molecule has 25 heavy (non-hydrogen) atoms. The average Bonchev–Trinajstić information content (AvgIpc) is 2.63. The molecule has 0 saturated heterocycles. The number of rotatable bonds is 5. The van der Waals surface area contributed by atoms with Gasteiger partial charge < -0.3 is 4.74 Å². The smallest absolute Gasteiger partial charge is 0.280 e. The van der Waals surface area contributed by atoms with Crippen LogP contribution in [0.2, 0.25) is 5.02 Å². The molecule has 1 amide bonds. The van der Waals surface area contributed by atoms with Gasteiger partial charge in [0.2, 0.25) is 0 Å². The van der Waals surface area contributed by atoms with Gasteiger partial charge in [0.05, 0.1) is 6.21 Å². The number of nitrogens with one attached hydrogen (secondary N) is 1. The largest absolute Gasteiger partial charge is 0.479 e. The van der Waals surface area contributed by atoms with Crippen LogP contribution in [0.1, 0.15) is 12.5 Å². The first kappa shape index (κ1) is 16.9. The fourth-order valence-corrected chi connectivity index (χ4v) is 2.44. The minimum Gasteiger partial charge on any atom is -0.479 e. The topological polar surface area (TPSA) is 63.6 Å². The summed E-state index contributed by atoms with van der Waals surface area (Å²) in [4.78, 5) is 16.5. The van der Waals surface area contributed by atoms with Gasteiger partial charge in [-0.1, -0.05) is 48.0 Å². The first-order valence-corrected chi connectivity index (χ1v) is 8.11. The molecule has 1 aromatic heterocycles. The highest BCUT2D eigenvalue weighted by Crippen LogP contribution is 2.23. The molecule has 0 bridgehead atoms. The van der Waals surface area contributed by atoms with Crippen LogP contribution in [0.4, 0.5) is 0 Å². The number of pyridine rings is 1. The number of carbonyl (C=O) groups is 1. The normalized spacial score (nSPS) is 12.2. The van der Waals surface area contributed by atoms with Gasteiger partial charge in [0.15, 0.2) is 6.10 Å². The summed E-state index contributed by atoms with van der Waals surface area (Å²) < 4.78 is 5.74. The highest BCUT2D eigenvalue weighted by molar-refractivity contribution is 6.33. The third-order valence-corrected chi connectivity index (χ3v) is 3.90. The van der Waals surface area contributed by atoms with E-state index in [9.17, 15) is 4.79 Å². The van der Waals surface area contributed by atoms with Crippen molar-refractivity contribution in [2.75, 3.05) is 0 Å². The van der Waals surface area contributed by atoms with Gasteiger partial charge in [-0.3, -0.25) is 9.78 Å². The lowest BCUT2D eigenvalue weighted by Crippen LogP contribution is -2.33. The van der Waals surface area contributed by atoms with Crippen LogP contribution < -0.4 is 10.2 Å². The minimum atomic E-state index is -0.726. The van der Waals surface area contributed by atoms with Crippen LogP contribution in [0.25, 0.3) is 10.9 Å². The SMILES string of the molecule is CC(Oc1cccc2cccnc12)C(=O)N/N=C/c1ccccc1Cl. The number of benzene rings is 2. The second-order valence-electron chi connectivity index (χ2n) is 5.35. The molecule has 0 aliphatic rings. The monoisotopic (exact) mass is 353 g/mol. The molecule has 1 heterocycles. The van der Waals surface area contributed by atoms with E-state index in [4.69, 9.17) is 16.3 Å². The minimum absolute atomic E-state index is 0.365. The molecule has 0 spiro atoms. The Morgan fingerprint density at radius 1 is 1.20 bits per heavy atom. The number of para-hydroxylation sites is 1. The molecule has 0 radical (unpaired) electrons. The molecule has 0 fully saturated rings. The molecule has 6 heteroatoms. The van der Waals surface area contributed by atoms with Crippen molar-refractivity contribution in [1.29, 1.82) is 0 Å². The number of carbonyl (C=O) groups excluding carboxylic acids is 1. The maximum atomic E-state index is 12.2. The lowest BCUT2D eigenvalue weighted by atomic mass is 10.2. The summed E-state index contributed by atoms with van der Waals surface area (Å²) in [5.41, 5.74) is 3.88. The molecule has 0 aliphatic carbocycles. The zero-order valence-corrected chi connectivity index (χ0v) is 14.3. The number of aromatic nitrogens is 1. The molecule has 1 N–H and O–H groups in total. The van der Waals surface area contributed by atoms with Gasteiger partial charge >= 0.3 is 0 Å². The maximum absolute atomic E-state index is 12.2. The first-order valence-electron chi connectivity index (χ1n) is 7.73. The molecule has 1 unspecified atom stereocenters. The number of hydrogen-bond donors (Lipinski definition) is 1. The van der Waals surface area contributed by atoms with Crippen LogP contribution in [0.3, 0.4) is 0 Å². The van der Waals surface area contributed by atoms with Gasteiger partial charge in [0.25, 0.3) is 5.91 Å². The van der Waals surface area contributed by atoms with E-state index in [-0.39, 0.29) is 5.91 Å². The van der Waals surface area contributed by atoms with E-state index in [1.54, 1.807) is 31.3 Å². The first-order chi connectivity index (χ1) is 12.1. The number of ether oxygens (including phenoxy) is 1. The Morgan fingerprint density at radius 2 is 2.00 bits per heavy atom. The standard InChI is InChI=1S/C19H16ClN3O2/c1-13(19(24)23-22-12-15-6-2-3-9-16(15)20)25-17-10-4-7-14-8-5-11-21-18(14)17/h2-13H,1H3,(H,23,24)/b22-12+. The summed E-state index contributed by atoms with van der Waals surface area (Å²) in [5.74, 6) is 0.187. The number of hydrogen-bond acceptors (Lipinski definition) is 4. The molecular formula is C19H16ClN3O2. The van der Waals surface area contributed by atoms with E-state index in [0.29, 0.717) is 16.3 Å². The number of nitrogens with zero attached hydrogens (tertiary/aromatic N) is 2. The summed E-state index contributed by atoms with van der Waals surface area (Å²) >= 11 is 6.03. The lowest BCUT2D eigenvalue weighted by Gasteiger charge is -2.14. The fraction of sp³-hybridized carbons (Fsp3) is 0.105. The second-order valence-corrected chi connectivity index (χ2v) is 5.75. The quantitative estimate of drug-likeness (QED) is 0.560. The van der Waals surface area contributed by atoms with E-state index in [1.165, 1.54) is 6.21 Å². The van der Waals surface area contributed by atoms with Crippen LogP contribution in [-0.4, -0.2) is 23.2 Å². The van der Waals surface area contributed by atoms with Crippen molar-refractivity contribution in [3.8, 4) is 5.75 Å². The van der Waals surface area contributed by atoms with E-state index in [1.807, 2.05) is 36.4 Å². The lowest BCUT2D eigenvalue weighted by molar-refractivity contribution is -0.127. The third-order valence-electron chi connectivity index (χ3n) is 3.55. The Labute approximate surface area is 150 Å². The Morgan fingerprint density at radius 3 is 2.84 bits per heavy atom. The summed E-state index contributed by atoms with van der Waals surface area (Å²) in [6.45, 7) is 1.65. The summed E-state index contributed by atoms with van der Waals surface area (Å²) in [6, 6.07) is 16.6. The maximum Gasteiger partial charge on any atom is 0.280 e. The highest BCUT2D eigenvalue weighted by Gasteiger charge is 2.15. The van der Waals surface area contributed by atoms with Crippen LogP contribution in [0, 0.1) is 0 Å². The Bertz CT molecular complexity index is 922. The van der Waals surface area contributed by atoms with E-state index in [0.717, 1.165) is 10.9 Å². The zero-order chi connectivity index (χ0) is 17.6. The Kier molecular flexibility index (Phi) is 5.26. The molecule has 0 aliphatic heterocycles. The third kappa shape index (κ3) is 4.14. The van der Waals surface area contributed by atoms with Crippen LogP contribution in [0.5, 0.6) is 5.75 Å². The van der Waals surface area contributed by atoms with Crippen molar-refractivity contribution in [1.82, 2.24) is 10.4 Å². The molecule has 2 aromatic carbocycles. The van der Waals surface area contributed by atoms with Gasteiger partial charge in [0, 0.05) is 22.2 Å². The zero-order valence-electron chi connectivity index (χ0n) is 13.5. The predicted molar refractivity (Wildman–Crippen MR) is 99.0 cm³/mol. The van der Waals surface area contributed by atoms with Gasteiger partial charge in [-0.15, -0.1) is 0 Å². The van der Waals surface area contributed by atoms with Crippen LogP contribution in [-0.2, 0) is 4.79 Å². The second kappa shape index (κ2) is 7.77. The molecule has 126 valence electrons. The molecule has 0 saturated carbocycles. The highest BCUT2D eigenvalue weighted by atomic mass is 35.5. The average molecular weight is 354 g/mol. The molecule has 3 aromatic rings. The number of fused-ring (bicyclic) bond motifs is 1. The Hall–Kier alpha value is -2.92. The molecule has 5 nitrogen and oxygen atoms in total. The summed E-state index contributed by atoms with van der Waals surface area (Å²) in [5, 5.41) is 5.43. The van der Waals surface area contributed by atoms with E-state index < -0.39 is 6.10 Å². The van der Waals surface area contributed by atoms with Crippen LogP contribution >= 0.6 is 11.6 Å². The molecular weight excluding hydrogens is 338 g/mol. The van der Waals surface area contributed by atoms with Gasteiger partial charge in [0.1, 0.15) is 11.3 Å². The molecule has 3 rings (SSSR count). The number of halogens is 1. The van der Waals surface area contributed by atoms with Crippen molar-refractivity contribution in [3.63, 3.8) is 0 Å². The number of hydrazone groups is 1.